The van der Waals surface area contributed by atoms with Crippen molar-refractivity contribution < 1.29 is 22.4 Å². The monoisotopic (exact) mass is 359 g/mol. The van der Waals surface area contributed by atoms with Crippen molar-refractivity contribution in [3.8, 4) is 11.3 Å². The first-order valence-electron chi connectivity index (χ1n) is 7.90. The van der Waals surface area contributed by atoms with Gasteiger partial charge in [0.1, 0.15) is 5.76 Å². The minimum atomic E-state index is -4.44. The number of furan rings is 1. The van der Waals surface area contributed by atoms with Crippen LogP contribution in [0.2, 0.25) is 0 Å². The molecule has 0 atom stereocenters. The Balaban J connectivity index is 1.81. The summed E-state index contributed by atoms with van der Waals surface area (Å²) in [5, 5.41) is 2.71. The van der Waals surface area contributed by atoms with Gasteiger partial charge in [-0.1, -0.05) is 18.2 Å². The summed E-state index contributed by atoms with van der Waals surface area (Å²) >= 11 is 0. The zero-order chi connectivity index (χ0) is 18.9. The van der Waals surface area contributed by atoms with Gasteiger partial charge in [0.25, 0.3) is 5.91 Å². The molecular weight excluding hydrogens is 343 g/mol. The third-order valence-electron chi connectivity index (χ3n) is 4.07. The highest BCUT2D eigenvalue weighted by atomic mass is 19.4. The topological polar surface area (TPSA) is 42.2 Å². The number of rotatable bonds is 3. The predicted molar refractivity (Wildman–Crippen MR) is 93.0 cm³/mol. The summed E-state index contributed by atoms with van der Waals surface area (Å²) < 4.78 is 43.9. The lowest BCUT2D eigenvalue weighted by molar-refractivity contribution is -0.137. The van der Waals surface area contributed by atoms with Crippen molar-refractivity contribution in [3.05, 3.63) is 77.0 Å². The normalized spacial score (nSPS) is 11.4. The van der Waals surface area contributed by atoms with Gasteiger partial charge in [0.15, 0.2) is 5.76 Å². The van der Waals surface area contributed by atoms with Crippen molar-refractivity contribution >= 4 is 11.6 Å². The van der Waals surface area contributed by atoms with E-state index in [2.05, 4.69) is 5.32 Å². The van der Waals surface area contributed by atoms with E-state index in [1.807, 2.05) is 26.0 Å². The molecule has 0 aliphatic carbocycles. The lowest BCUT2D eigenvalue weighted by atomic mass is 10.1. The maximum Gasteiger partial charge on any atom is 0.416 e. The largest absolute Gasteiger partial charge is 0.451 e. The fraction of sp³-hybridized carbons (Fsp3) is 0.150. The van der Waals surface area contributed by atoms with Gasteiger partial charge in [-0.25, -0.2) is 0 Å². The third kappa shape index (κ3) is 3.79. The van der Waals surface area contributed by atoms with Crippen molar-refractivity contribution in [3.63, 3.8) is 0 Å². The van der Waals surface area contributed by atoms with E-state index in [0.717, 1.165) is 23.3 Å². The minimum Gasteiger partial charge on any atom is -0.451 e. The molecule has 134 valence electrons. The predicted octanol–water partition coefficient (Wildman–Crippen LogP) is 5.83. The zero-order valence-electron chi connectivity index (χ0n) is 14.1. The van der Waals surface area contributed by atoms with Gasteiger partial charge in [0, 0.05) is 11.3 Å². The molecule has 0 bridgehead atoms. The van der Waals surface area contributed by atoms with Gasteiger partial charge in [-0.15, -0.1) is 0 Å². The quantitative estimate of drug-likeness (QED) is 0.639. The molecule has 1 heterocycles. The average Bonchev–Trinajstić information content (AvgIpc) is 3.08. The Morgan fingerprint density at radius 2 is 1.73 bits per heavy atom. The Kier molecular flexibility index (Phi) is 4.59. The van der Waals surface area contributed by atoms with Crippen molar-refractivity contribution in [1.29, 1.82) is 0 Å². The van der Waals surface area contributed by atoms with E-state index < -0.39 is 17.6 Å². The lowest BCUT2D eigenvalue weighted by Gasteiger charge is -2.07. The van der Waals surface area contributed by atoms with Gasteiger partial charge in [-0.05, 0) is 61.4 Å². The molecule has 3 nitrogen and oxygen atoms in total. The van der Waals surface area contributed by atoms with Gasteiger partial charge in [-0.3, -0.25) is 4.79 Å². The fourth-order valence-electron chi connectivity index (χ4n) is 2.48. The summed E-state index contributed by atoms with van der Waals surface area (Å²) in [6.45, 7) is 3.90. The first kappa shape index (κ1) is 17.8. The second kappa shape index (κ2) is 6.71. The molecule has 0 aliphatic rings. The maximum atomic E-state index is 12.8. The molecule has 0 radical (unpaired) electrons. The SMILES string of the molecule is Cc1ccc(NC(=O)c2ccc(-c3cccc(C(F)(F)F)c3)o2)cc1C. The van der Waals surface area contributed by atoms with E-state index in [4.69, 9.17) is 4.42 Å². The molecule has 0 spiro atoms. The molecule has 2 aromatic carbocycles. The number of anilines is 1. The first-order chi connectivity index (χ1) is 12.2. The van der Waals surface area contributed by atoms with Crippen LogP contribution in [0.3, 0.4) is 0 Å². The number of hydrogen-bond donors (Lipinski definition) is 1. The summed E-state index contributed by atoms with van der Waals surface area (Å²) in [4.78, 5) is 12.3. The average molecular weight is 359 g/mol. The molecule has 3 rings (SSSR count). The maximum absolute atomic E-state index is 12.8. The fourth-order valence-corrected chi connectivity index (χ4v) is 2.48. The zero-order valence-corrected chi connectivity index (χ0v) is 14.1. The van der Waals surface area contributed by atoms with Gasteiger partial charge in [0.05, 0.1) is 5.56 Å². The number of aryl methyl sites for hydroxylation is 2. The highest BCUT2D eigenvalue weighted by molar-refractivity contribution is 6.02. The second-order valence-electron chi connectivity index (χ2n) is 6.00. The summed E-state index contributed by atoms with van der Waals surface area (Å²) in [5.41, 5.74) is 2.24. The minimum absolute atomic E-state index is 0.0237. The van der Waals surface area contributed by atoms with Crippen LogP contribution in [0.25, 0.3) is 11.3 Å². The number of benzene rings is 2. The van der Waals surface area contributed by atoms with Gasteiger partial charge < -0.3 is 9.73 Å². The molecule has 1 amide bonds. The number of halogens is 3. The summed E-state index contributed by atoms with van der Waals surface area (Å²) in [6.07, 6.45) is -4.44. The van der Waals surface area contributed by atoms with E-state index in [9.17, 15) is 18.0 Å². The van der Waals surface area contributed by atoms with Gasteiger partial charge >= 0.3 is 6.18 Å². The molecule has 0 saturated heterocycles. The highest BCUT2D eigenvalue weighted by Gasteiger charge is 2.30. The van der Waals surface area contributed by atoms with Crippen LogP contribution < -0.4 is 5.32 Å². The molecule has 1 N–H and O–H groups in total. The molecule has 26 heavy (non-hydrogen) atoms. The first-order valence-corrected chi connectivity index (χ1v) is 7.90. The molecule has 0 saturated carbocycles. The van der Waals surface area contributed by atoms with Crippen LogP contribution in [-0.2, 0) is 6.18 Å². The summed E-state index contributed by atoms with van der Waals surface area (Å²) in [6, 6.07) is 13.2. The Morgan fingerprint density at radius 3 is 2.42 bits per heavy atom. The molecule has 6 heteroatoms. The van der Waals surface area contributed by atoms with Crippen LogP contribution in [0.1, 0.15) is 27.2 Å². The Hall–Kier alpha value is -3.02. The third-order valence-corrected chi connectivity index (χ3v) is 4.07. The summed E-state index contributed by atoms with van der Waals surface area (Å²) in [7, 11) is 0. The van der Waals surface area contributed by atoms with Crippen LogP contribution in [0.4, 0.5) is 18.9 Å². The van der Waals surface area contributed by atoms with E-state index in [1.54, 1.807) is 6.07 Å². The van der Waals surface area contributed by atoms with E-state index in [-0.39, 0.29) is 17.1 Å². The van der Waals surface area contributed by atoms with Crippen LogP contribution in [0, 0.1) is 13.8 Å². The van der Waals surface area contributed by atoms with Crippen LogP contribution in [-0.4, -0.2) is 5.91 Å². The van der Waals surface area contributed by atoms with Gasteiger partial charge in [0.2, 0.25) is 0 Å². The number of alkyl halides is 3. The van der Waals surface area contributed by atoms with Crippen LogP contribution in [0.15, 0.2) is 59.0 Å². The molecular formula is C20H16F3NO2. The van der Waals surface area contributed by atoms with Gasteiger partial charge in [-0.2, -0.15) is 13.2 Å². The lowest BCUT2D eigenvalue weighted by Crippen LogP contribution is -2.11. The second-order valence-corrected chi connectivity index (χ2v) is 6.00. The number of hydrogen-bond acceptors (Lipinski definition) is 2. The number of nitrogens with one attached hydrogen (secondary N) is 1. The van der Waals surface area contributed by atoms with E-state index in [0.29, 0.717) is 5.69 Å². The van der Waals surface area contributed by atoms with Crippen molar-refractivity contribution in [2.75, 3.05) is 5.32 Å². The molecule has 1 aromatic heterocycles. The van der Waals surface area contributed by atoms with E-state index in [1.165, 1.54) is 24.3 Å². The highest BCUT2D eigenvalue weighted by Crippen LogP contribution is 2.32. The Labute approximate surface area is 148 Å². The Morgan fingerprint density at radius 1 is 0.962 bits per heavy atom. The van der Waals surface area contributed by atoms with Crippen molar-refractivity contribution in [2.24, 2.45) is 0 Å². The summed E-state index contributed by atoms with van der Waals surface area (Å²) in [5.74, 6) is -0.247. The molecule has 0 fully saturated rings. The number of amides is 1. The standard InChI is InChI=1S/C20H16F3NO2/c1-12-6-7-16(10-13(12)2)24-19(25)18-9-8-17(26-18)14-4-3-5-15(11-14)20(21,22)23/h3-11H,1-2H3,(H,24,25). The van der Waals surface area contributed by atoms with Crippen molar-refractivity contribution in [2.45, 2.75) is 20.0 Å². The van der Waals surface area contributed by atoms with Crippen LogP contribution >= 0.6 is 0 Å². The molecule has 0 unspecified atom stereocenters. The Bertz CT molecular complexity index is 958. The van der Waals surface area contributed by atoms with Crippen molar-refractivity contribution in [1.82, 2.24) is 0 Å². The smallest absolute Gasteiger partial charge is 0.416 e. The molecule has 3 aromatic rings. The number of carbonyl (C=O) groups excluding carboxylic acids is 1. The van der Waals surface area contributed by atoms with E-state index >= 15 is 0 Å². The van der Waals surface area contributed by atoms with Crippen LogP contribution in [0.5, 0.6) is 0 Å². The molecule has 0 aliphatic heterocycles. The number of carbonyl (C=O) groups is 1.